The van der Waals surface area contributed by atoms with Gasteiger partial charge in [0, 0.05) is 6.54 Å². The third-order valence-corrected chi connectivity index (χ3v) is 16.9. The van der Waals surface area contributed by atoms with Gasteiger partial charge in [0.15, 0.2) is 50.3 Å². The molecule has 30 aliphatic heterocycles. The molecule has 0 saturated carbocycles. The SMILES string of the molecule is NC[C@H]1O[C@@H]2O[C@H]3[C@H](O)[C@@H](O)[C@@H](O[C@H]4[C@H](O)[C@@H](O)[C@@H](O[C@H]5[C@H](O)[C@@H](O)[C@@H](O[C@H]6[C@H](O)[C@@H](O)[C@@H](O[C@H]7[C@H](O)[C@@H](O)[C@@H](O[C@H]8[C@H](O)[C@@H](O)[C@@H](O[C@H]9[C@H](O)[C@@H](O)[C@@H](O[C@H]1[C@H](O)[C@H]2O)O[C@@H]9CO)O[C@@H]8CO)O[C@@H]7CO)O[C@@H]6CO)O[C@@H]5CO)O[C@@H]4CO)O[C@@H]3CO. The van der Waals surface area contributed by atoms with Gasteiger partial charge in [0.05, 0.1) is 46.2 Å². The van der Waals surface area contributed by atoms with Crippen LogP contribution in [0.15, 0.2) is 0 Å². The van der Waals surface area contributed by atoms with Crippen LogP contribution in [0.1, 0.15) is 0 Å². The van der Waals surface area contributed by atoms with E-state index in [0.717, 1.165) is 0 Å². The summed E-state index contributed by atoms with van der Waals surface area (Å²) in [6, 6.07) is 0. The van der Waals surface area contributed by atoms with E-state index in [2.05, 4.69) is 0 Å². The van der Waals surface area contributed by atoms with E-state index in [1.165, 1.54) is 0 Å². The summed E-state index contributed by atoms with van der Waals surface area (Å²) >= 11 is 0. The zero-order chi connectivity index (χ0) is 64.1. The molecule has 30 saturated heterocycles. The highest BCUT2D eigenvalue weighted by Crippen LogP contribution is 2.39. The average molecular weight is 1300 g/mol. The summed E-state index contributed by atoms with van der Waals surface area (Å²) in [6.45, 7) is -8.06. The molecule has 25 N–H and O–H groups in total. The summed E-state index contributed by atoms with van der Waals surface area (Å²) in [4.78, 5) is 0. The molecule has 0 aromatic rings. The van der Waals surface area contributed by atoms with Gasteiger partial charge in [-0.2, -0.15) is 0 Å². The first kappa shape index (κ1) is 70.7. The van der Waals surface area contributed by atoms with Crippen molar-refractivity contribution in [3.05, 3.63) is 0 Å². The Morgan fingerprint density at radius 3 is 0.398 bits per heavy atom. The molecule has 40 nitrogen and oxygen atoms in total. The minimum atomic E-state index is -2.24. The van der Waals surface area contributed by atoms with Gasteiger partial charge in [-0.05, 0) is 0 Å². The molecule has 40 atom stereocenters. The minimum Gasteiger partial charge on any atom is -0.394 e. The topological polar surface area (TPSA) is 639 Å². The number of rotatable bonds is 8. The van der Waals surface area contributed by atoms with Gasteiger partial charge >= 0.3 is 0 Å². The lowest BCUT2D eigenvalue weighted by molar-refractivity contribution is -0.403. The fraction of sp³-hybridized carbons (Fsp3) is 1.00. The van der Waals surface area contributed by atoms with E-state index >= 15 is 0 Å². The Kier molecular flexibility index (Phi) is 24.1. The molecule has 0 aromatic heterocycles. The number of hydrogen-bond donors (Lipinski definition) is 24. The van der Waals surface area contributed by atoms with Crippen molar-refractivity contribution >= 4 is 0 Å². The second kappa shape index (κ2) is 30.0. The Labute approximate surface area is 496 Å². The maximum Gasteiger partial charge on any atom is 0.187 e. The fourth-order valence-corrected chi connectivity index (χ4v) is 11.9. The highest BCUT2D eigenvalue weighted by molar-refractivity contribution is 5.02. The molecular weight excluding hydrogens is 1210 g/mol. The van der Waals surface area contributed by atoms with Gasteiger partial charge in [-0.3, -0.25) is 0 Å². The third kappa shape index (κ3) is 13.8. The largest absolute Gasteiger partial charge is 0.394 e. The van der Waals surface area contributed by atoms with Gasteiger partial charge in [-0.25, -0.2) is 0 Å². The van der Waals surface area contributed by atoms with E-state index in [1.54, 1.807) is 0 Å². The van der Waals surface area contributed by atoms with Crippen molar-refractivity contribution in [2.24, 2.45) is 5.73 Å². The molecule has 0 radical (unpaired) electrons. The Hall–Kier alpha value is -1.60. The maximum atomic E-state index is 11.4. The summed E-state index contributed by atoms with van der Waals surface area (Å²) in [6.07, 6.45) is -80.9. The number of aliphatic hydroxyl groups excluding tert-OH is 23. The monoisotopic (exact) mass is 1300 g/mol. The first-order valence-electron chi connectivity index (χ1n) is 28.2. The van der Waals surface area contributed by atoms with Gasteiger partial charge in [-0.15, -0.1) is 0 Å². The molecule has 40 heteroatoms. The van der Waals surface area contributed by atoms with Crippen LogP contribution >= 0.6 is 0 Å². The van der Waals surface area contributed by atoms with Crippen molar-refractivity contribution in [2.75, 3.05) is 52.8 Å². The Bertz CT molecular complexity index is 1710. The molecule has 0 aromatic carbocycles. The predicted octanol–water partition coefficient (Wildman–Crippen LogP) is -17.4. The summed E-state index contributed by atoms with van der Waals surface area (Å²) in [5.74, 6) is 0. The van der Waals surface area contributed by atoms with Gasteiger partial charge in [0.1, 0.15) is 195 Å². The van der Waals surface area contributed by atoms with E-state index in [-0.39, 0.29) is 0 Å². The highest BCUT2D eigenvalue weighted by Gasteiger charge is 2.60. The molecular formula is C48H81NO39. The van der Waals surface area contributed by atoms with Crippen molar-refractivity contribution < 1.29 is 193 Å². The second-order valence-corrected chi connectivity index (χ2v) is 22.5. The first-order chi connectivity index (χ1) is 41.9. The summed E-state index contributed by atoms with van der Waals surface area (Å²) in [5, 5.41) is 255. The van der Waals surface area contributed by atoms with Crippen LogP contribution in [0.25, 0.3) is 0 Å². The Morgan fingerprint density at radius 2 is 0.284 bits per heavy atom. The molecule has 88 heavy (non-hydrogen) atoms. The standard InChI is InChI=1S/C48H81NO39/c49-1-9-33-17(57)25(65)41(73-9)82-34-10(2-50)75-43(27(67)19(34)59)84-36-12(4-52)77-45(29(69)21(36)61)86-38-14(6-54)79-47(31(71)23(38)63)88-40-16(8-56)80-48(32(72)24(40)64)87-39-15(7-55)78-46(30(70)22(39)62)85-37-13(5-53)76-44(28(68)20(37)60)83-35-11(3-51)74-42(81-33)26(66)18(35)58/h9-48,50-72H,1-8,49H2/t9-,10-,11-,12-,13-,14-,15-,16-,17-,18-,19-,20-,21-,22-,23-,24-,25-,26-,27-,28-,29-,30-,31-,32-,33-,34-,35-,36-,37-,38-,39-,40-,41-,42-,43-,44-,45-,46-,47-,48-/m1/s1. The van der Waals surface area contributed by atoms with Gasteiger partial charge in [0.25, 0.3) is 0 Å². The van der Waals surface area contributed by atoms with Crippen LogP contribution < -0.4 is 5.73 Å². The van der Waals surface area contributed by atoms with Crippen molar-refractivity contribution in [1.82, 2.24) is 0 Å². The average Bonchev–Trinajstić information content (AvgIpc) is 1.09. The molecule has 0 aliphatic carbocycles. The molecule has 30 aliphatic rings. The van der Waals surface area contributed by atoms with E-state index in [0.29, 0.717) is 0 Å². The molecule has 512 valence electrons. The van der Waals surface area contributed by atoms with Gasteiger partial charge < -0.3 is 199 Å². The fourth-order valence-electron chi connectivity index (χ4n) is 11.9. The number of aliphatic hydroxyl groups is 23. The number of ether oxygens (including phenoxy) is 16. The minimum absolute atomic E-state index is 0.580. The Morgan fingerprint density at radius 1 is 0.170 bits per heavy atom. The number of hydrogen-bond acceptors (Lipinski definition) is 40. The van der Waals surface area contributed by atoms with Crippen LogP contribution in [0.3, 0.4) is 0 Å². The van der Waals surface area contributed by atoms with Gasteiger partial charge in [0.2, 0.25) is 0 Å². The molecule has 16 bridgehead atoms. The van der Waals surface area contributed by atoms with Crippen LogP contribution in [-0.2, 0) is 75.8 Å². The number of nitrogens with two attached hydrogens (primary N) is 1. The van der Waals surface area contributed by atoms with E-state index < -0.39 is 298 Å². The zero-order valence-electron chi connectivity index (χ0n) is 46.1. The molecule has 0 amide bonds. The van der Waals surface area contributed by atoms with Crippen LogP contribution in [0.2, 0.25) is 0 Å². The second-order valence-electron chi connectivity index (χ2n) is 22.5. The zero-order valence-corrected chi connectivity index (χ0v) is 46.1. The van der Waals surface area contributed by atoms with Crippen LogP contribution in [0.5, 0.6) is 0 Å². The van der Waals surface area contributed by atoms with E-state index in [9.17, 15) is 117 Å². The van der Waals surface area contributed by atoms with Crippen LogP contribution in [-0.4, -0.2) is 416 Å². The van der Waals surface area contributed by atoms with Crippen LogP contribution in [0.4, 0.5) is 0 Å². The van der Waals surface area contributed by atoms with Crippen LogP contribution in [0, 0.1) is 0 Å². The van der Waals surface area contributed by atoms with Crippen molar-refractivity contribution in [2.45, 2.75) is 246 Å². The smallest absolute Gasteiger partial charge is 0.187 e. The first-order valence-corrected chi connectivity index (χ1v) is 28.2. The predicted molar refractivity (Wildman–Crippen MR) is 263 cm³/mol. The van der Waals surface area contributed by atoms with Crippen molar-refractivity contribution in [3.63, 3.8) is 0 Å². The lowest BCUT2D eigenvalue weighted by Gasteiger charge is -2.50. The van der Waals surface area contributed by atoms with Crippen molar-refractivity contribution in [1.29, 1.82) is 0 Å². The molecule has 30 rings (SSSR count). The van der Waals surface area contributed by atoms with E-state index in [4.69, 9.17) is 81.5 Å². The lowest BCUT2D eigenvalue weighted by Crippen LogP contribution is -2.69. The van der Waals surface area contributed by atoms with Crippen molar-refractivity contribution in [3.8, 4) is 0 Å². The quantitative estimate of drug-likeness (QED) is 0.107. The lowest BCUT2D eigenvalue weighted by atomic mass is 9.94. The molecule has 0 unspecified atom stereocenters. The maximum absolute atomic E-state index is 11.4. The molecule has 30 heterocycles. The summed E-state index contributed by atoms with van der Waals surface area (Å²) in [5.41, 5.74) is 5.96. The summed E-state index contributed by atoms with van der Waals surface area (Å²) in [7, 11) is 0. The molecule has 0 spiro atoms. The van der Waals surface area contributed by atoms with E-state index in [1.807, 2.05) is 0 Å². The Balaban J connectivity index is 0.975. The highest BCUT2D eigenvalue weighted by atomic mass is 16.8. The summed E-state index contributed by atoms with van der Waals surface area (Å²) < 4.78 is 91.5. The normalized spacial score (nSPS) is 55.4. The van der Waals surface area contributed by atoms with Gasteiger partial charge in [-0.1, -0.05) is 0 Å². The third-order valence-electron chi connectivity index (χ3n) is 16.9. The molecule has 30 fully saturated rings.